The van der Waals surface area contributed by atoms with Crippen LogP contribution in [0.15, 0.2) is 47.5 Å². The van der Waals surface area contributed by atoms with Crippen LogP contribution in [0.5, 0.6) is 0 Å². The summed E-state index contributed by atoms with van der Waals surface area (Å²) >= 11 is 0. The third-order valence-corrected chi connectivity index (χ3v) is 6.21. The zero-order valence-corrected chi connectivity index (χ0v) is 16.4. The predicted octanol–water partition coefficient (Wildman–Crippen LogP) is 7.15. The fourth-order valence-corrected chi connectivity index (χ4v) is 4.97. The standard InChI is InChI=1S/C25H23F2N/c1-14-10-15(2)12-18(11-14)24-21-7-6-19(17-8-9-25(26,27)13-17)20-5-4-16(3)23(28-24)22(20)21/h4-7,10-12,17H,8-9,13H2,1-3H3. The molecule has 1 aliphatic carbocycles. The third-order valence-electron chi connectivity index (χ3n) is 6.21. The Morgan fingerprint density at radius 1 is 0.964 bits per heavy atom. The van der Waals surface area contributed by atoms with Crippen LogP contribution in [-0.2, 0) is 0 Å². The van der Waals surface area contributed by atoms with Crippen molar-refractivity contribution in [1.82, 2.24) is 0 Å². The number of aliphatic imine (C=N–C) groups is 1. The van der Waals surface area contributed by atoms with Gasteiger partial charge in [0.05, 0.1) is 11.4 Å². The molecule has 5 rings (SSSR count). The SMILES string of the molecule is Cc1cc(C)cc(C2=Nc3c(C)ccc4c(C5CCC(F)(F)C5)ccc2c34)c1. The molecule has 3 aromatic carbocycles. The van der Waals surface area contributed by atoms with E-state index in [4.69, 9.17) is 4.99 Å². The highest BCUT2D eigenvalue weighted by atomic mass is 19.3. The molecule has 1 heterocycles. The average Bonchev–Trinajstić information content (AvgIpc) is 3.19. The van der Waals surface area contributed by atoms with E-state index in [1.165, 1.54) is 11.1 Å². The van der Waals surface area contributed by atoms with E-state index in [1.54, 1.807) is 0 Å². The number of rotatable bonds is 2. The van der Waals surface area contributed by atoms with Crippen molar-refractivity contribution in [3.8, 4) is 0 Å². The van der Waals surface area contributed by atoms with Crippen LogP contribution < -0.4 is 0 Å². The molecule has 0 spiro atoms. The first-order valence-electron chi connectivity index (χ1n) is 9.94. The highest BCUT2D eigenvalue weighted by Gasteiger charge is 2.40. The van der Waals surface area contributed by atoms with E-state index in [-0.39, 0.29) is 18.8 Å². The van der Waals surface area contributed by atoms with Gasteiger partial charge in [0.25, 0.3) is 0 Å². The van der Waals surface area contributed by atoms with Crippen LogP contribution in [0.1, 0.15) is 58.6 Å². The van der Waals surface area contributed by atoms with Crippen molar-refractivity contribution in [1.29, 1.82) is 0 Å². The van der Waals surface area contributed by atoms with Gasteiger partial charge in [-0.3, -0.25) is 0 Å². The molecule has 0 amide bonds. The molecule has 142 valence electrons. The minimum Gasteiger partial charge on any atom is -0.247 e. The van der Waals surface area contributed by atoms with Crippen LogP contribution in [0.3, 0.4) is 0 Å². The summed E-state index contributed by atoms with van der Waals surface area (Å²) in [5, 5.41) is 2.21. The van der Waals surface area contributed by atoms with Crippen LogP contribution in [0, 0.1) is 20.8 Å². The van der Waals surface area contributed by atoms with Crippen molar-refractivity contribution in [2.75, 3.05) is 0 Å². The highest BCUT2D eigenvalue weighted by Crippen LogP contribution is 2.48. The number of nitrogens with zero attached hydrogens (tertiary/aromatic N) is 1. The number of aryl methyl sites for hydroxylation is 3. The summed E-state index contributed by atoms with van der Waals surface area (Å²) in [6.45, 7) is 6.27. The number of alkyl halides is 2. The Hall–Kier alpha value is -2.55. The molecule has 0 N–H and O–H groups in total. The maximum Gasteiger partial charge on any atom is 0.248 e. The van der Waals surface area contributed by atoms with E-state index < -0.39 is 5.92 Å². The van der Waals surface area contributed by atoms with E-state index in [0.29, 0.717) is 6.42 Å². The normalized spacial score (nSPS) is 20.0. The zero-order valence-electron chi connectivity index (χ0n) is 16.4. The van der Waals surface area contributed by atoms with Gasteiger partial charge in [0.2, 0.25) is 5.92 Å². The van der Waals surface area contributed by atoms with E-state index in [0.717, 1.165) is 44.4 Å². The number of hydrogen-bond acceptors (Lipinski definition) is 1. The van der Waals surface area contributed by atoms with Crippen LogP contribution >= 0.6 is 0 Å². The predicted molar refractivity (Wildman–Crippen MR) is 111 cm³/mol. The van der Waals surface area contributed by atoms with Crippen LogP contribution in [0.2, 0.25) is 0 Å². The van der Waals surface area contributed by atoms with Crippen molar-refractivity contribution in [3.05, 3.63) is 75.8 Å². The molecule has 1 unspecified atom stereocenters. The van der Waals surface area contributed by atoms with Gasteiger partial charge >= 0.3 is 0 Å². The number of hydrogen-bond donors (Lipinski definition) is 0. The van der Waals surface area contributed by atoms with Crippen molar-refractivity contribution in [3.63, 3.8) is 0 Å². The summed E-state index contributed by atoms with van der Waals surface area (Å²) in [6, 6.07) is 14.8. The lowest BCUT2D eigenvalue weighted by Gasteiger charge is -2.16. The van der Waals surface area contributed by atoms with Crippen molar-refractivity contribution in [2.45, 2.75) is 51.9 Å². The lowest BCUT2D eigenvalue weighted by Crippen LogP contribution is -2.09. The Balaban J connectivity index is 1.70. The fourth-order valence-electron chi connectivity index (χ4n) is 4.97. The molecule has 1 fully saturated rings. The Morgan fingerprint density at radius 3 is 2.39 bits per heavy atom. The molecule has 1 aliphatic heterocycles. The maximum absolute atomic E-state index is 13.9. The van der Waals surface area contributed by atoms with Gasteiger partial charge < -0.3 is 0 Å². The topological polar surface area (TPSA) is 12.4 Å². The molecule has 0 radical (unpaired) electrons. The summed E-state index contributed by atoms with van der Waals surface area (Å²) in [6.07, 6.45) is 0.495. The van der Waals surface area contributed by atoms with E-state index in [2.05, 4.69) is 63.2 Å². The largest absolute Gasteiger partial charge is 0.248 e. The summed E-state index contributed by atoms with van der Waals surface area (Å²) in [7, 11) is 0. The quantitative estimate of drug-likeness (QED) is 0.353. The molecular weight excluding hydrogens is 352 g/mol. The maximum atomic E-state index is 13.9. The molecule has 3 heteroatoms. The Labute approximate surface area is 164 Å². The van der Waals surface area contributed by atoms with Gasteiger partial charge in [-0.05, 0) is 61.8 Å². The van der Waals surface area contributed by atoms with Crippen molar-refractivity contribution in [2.24, 2.45) is 4.99 Å². The monoisotopic (exact) mass is 375 g/mol. The second kappa shape index (κ2) is 5.97. The lowest BCUT2D eigenvalue weighted by molar-refractivity contribution is 0.00780. The van der Waals surface area contributed by atoms with Gasteiger partial charge in [-0.25, -0.2) is 13.8 Å². The molecule has 0 bridgehead atoms. The Morgan fingerprint density at radius 2 is 1.71 bits per heavy atom. The third kappa shape index (κ3) is 2.68. The van der Waals surface area contributed by atoms with E-state index in [9.17, 15) is 8.78 Å². The van der Waals surface area contributed by atoms with Gasteiger partial charge in [-0.15, -0.1) is 0 Å². The van der Waals surface area contributed by atoms with Crippen LogP contribution in [-0.4, -0.2) is 11.6 Å². The second-order valence-corrected chi connectivity index (χ2v) is 8.49. The van der Waals surface area contributed by atoms with Gasteiger partial charge in [0, 0.05) is 29.4 Å². The van der Waals surface area contributed by atoms with Gasteiger partial charge in [0.1, 0.15) is 0 Å². The second-order valence-electron chi connectivity index (χ2n) is 8.49. The zero-order chi connectivity index (χ0) is 19.6. The Kier molecular flexibility index (Phi) is 3.74. The molecule has 28 heavy (non-hydrogen) atoms. The van der Waals surface area contributed by atoms with Gasteiger partial charge in [-0.1, -0.05) is 41.5 Å². The molecule has 3 aromatic rings. The number of benzene rings is 3. The molecule has 1 saturated carbocycles. The van der Waals surface area contributed by atoms with Gasteiger partial charge in [-0.2, -0.15) is 0 Å². The minimum absolute atomic E-state index is 0.00997. The first-order chi connectivity index (χ1) is 13.3. The average molecular weight is 375 g/mol. The lowest BCUT2D eigenvalue weighted by atomic mass is 9.88. The fraction of sp³-hybridized carbons (Fsp3) is 0.320. The highest BCUT2D eigenvalue weighted by molar-refractivity contribution is 6.27. The number of halogens is 2. The van der Waals surface area contributed by atoms with Crippen molar-refractivity contribution < 1.29 is 8.78 Å². The van der Waals surface area contributed by atoms with Crippen LogP contribution in [0.25, 0.3) is 10.8 Å². The first kappa shape index (κ1) is 17.5. The first-order valence-corrected chi connectivity index (χ1v) is 9.94. The van der Waals surface area contributed by atoms with E-state index in [1.807, 2.05) is 0 Å². The smallest absolute Gasteiger partial charge is 0.247 e. The molecule has 1 atom stereocenters. The summed E-state index contributed by atoms with van der Waals surface area (Å²) in [5.41, 5.74) is 8.83. The molecule has 0 aromatic heterocycles. The molecular formula is C25H23F2N. The summed E-state index contributed by atoms with van der Waals surface area (Å²) in [5.74, 6) is -2.62. The molecule has 2 aliphatic rings. The molecule has 1 nitrogen and oxygen atoms in total. The Bertz CT molecular complexity index is 1140. The van der Waals surface area contributed by atoms with Crippen LogP contribution in [0.4, 0.5) is 14.5 Å². The minimum atomic E-state index is -2.54. The summed E-state index contributed by atoms with van der Waals surface area (Å²) < 4.78 is 27.7. The molecule has 0 saturated heterocycles. The summed E-state index contributed by atoms with van der Waals surface area (Å²) in [4.78, 5) is 5.01. The van der Waals surface area contributed by atoms with E-state index >= 15 is 0 Å². The van der Waals surface area contributed by atoms with Crippen molar-refractivity contribution >= 4 is 22.2 Å². The van der Waals surface area contributed by atoms with Gasteiger partial charge in [0.15, 0.2) is 0 Å².